The Morgan fingerprint density at radius 1 is 1.91 bits per heavy atom. The highest BCUT2D eigenvalue weighted by atomic mass is 16.1. The lowest BCUT2D eigenvalue weighted by Crippen LogP contribution is -2.02. The van der Waals surface area contributed by atoms with Crippen LogP contribution in [-0.4, -0.2) is 15.6 Å². The Morgan fingerprint density at radius 3 is 2.91 bits per heavy atom. The summed E-state index contributed by atoms with van der Waals surface area (Å²) in [5.41, 5.74) is 5.75. The molecule has 0 atom stereocenters. The van der Waals surface area contributed by atoms with E-state index in [-0.39, 0.29) is 5.56 Å². The summed E-state index contributed by atoms with van der Waals surface area (Å²) in [6.07, 6.45) is 6.25. The number of rotatable bonds is 1. The van der Waals surface area contributed by atoms with E-state index < -0.39 is 5.78 Å². The molecular weight excluding hydrogens is 142 g/mol. The highest BCUT2D eigenvalue weighted by Gasteiger charge is 2.10. The van der Waals surface area contributed by atoms with Gasteiger partial charge in [-0.2, -0.15) is 5.10 Å². The number of aryl methyl sites for hydroxylation is 1. The van der Waals surface area contributed by atoms with Gasteiger partial charge in [0.25, 0.3) is 0 Å². The molecule has 0 spiro atoms. The first kappa shape index (κ1) is 7.35. The van der Waals surface area contributed by atoms with E-state index in [1.807, 2.05) is 5.92 Å². The van der Waals surface area contributed by atoms with Gasteiger partial charge in [0.1, 0.15) is 5.82 Å². The molecule has 11 heavy (non-hydrogen) atoms. The van der Waals surface area contributed by atoms with Gasteiger partial charge in [0.15, 0.2) is 0 Å². The largest absolute Gasteiger partial charge is 0.383 e. The average Bonchev–Trinajstić information content (AvgIpc) is 2.32. The Bertz CT molecular complexity index is 332. The van der Waals surface area contributed by atoms with Crippen molar-refractivity contribution in [1.82, 2.24) is 9.78 Å². The van der Waals surface area contributed by atoms with Gasteiger partial charge in [-0.3, -0.25) is 9.48 Å². The van der Waals surface area contributed by atoms with Crippen LogP contribution in [0.15, 0.2) is 6.20 Å². The lowest BCUT2D eigenvalue weighted by atomic mass is 10.2. The zero-order valence-electron chi connectivity index (χ0n) is 6.03. The van der Waals surface area contributed by atoms with Gasteiger partial charge in [-0.05, 0) is 5.92 Å². The first-order valence-electron chi connectivity index (χ1n) is 2.95. The molecule has 0 aliphatic carbocycles. The molecule has 4 nitrogen and oxygen atoms in total. The van der Waals surface area contributed by atoms with E-state index in [1.165, 1.54) is 10.9 Å². The number of hydrogen-bond donors (Lipinski definition) is 1. The first-order chi connectivity index (χ1) is 5.16. The fourth-order valence-corrected chi connectivity index (χ4v) is 0.700. The summed E-state index contributed by atoms with van der Waals surface area (Å²) >= 11 is 0. The minimum Gasteiger partial charge on any atom is -0.383 e. The van der Waals surface area contributed by atoms with Crippen LogP contribution in [0.2, 0.25) is 0 Å². The molecule has 4 heteroatoms. The summed E-state index contributed by atoms with van der Waals surface area (Å²) in [5.74, 6) is 1.83. The molecule has 1 aromatic rings. The molecule has 0 unspecified atom stereocenters. The van der Waals surface area contributed by atoms with Crippen LogP contribution in [0.1, 0.15) is 10.4 Å². The number of terminal acetylenes is 1. The maximum atomic E-state index is 10.9. The number of aromatic nitrogens is 2. The summed E-state index contributed by atoms with van der Waals surface area (Å²) in [4.78, 5) is 10.9. The van der Waals surface area contributed by atoms with Gasteiger partial charge in [-0.15, -0.1) is 6.42 Å². The lowest BCUT2D eigenvalue weighted by Gasteiger charge is -1.93. The summed E-state index contributed by atoms with van der Waals surface area (Å²) < 4.78 is 1.39. The van der Waals surface area contributed by atoms with E-state index in [0.29, 0.717) is 5.82 Å². The van der Waals surface area contributed by atoms with Crippen molar-refractivity contribution in [3.8, 4) is 12.3 Å². The molecule has 2 N–H and O–H groups in total. The van der Waals surface area contributed by atoms with Crippen LogP contribution in [0, 0.1) is 12.3 Å². The Morgan fingerprint density at radius 2 is 2.55 bits per heavy atom. The van der Waals surface area contributed by atoms with Crippen LogP contribution >= 0.6 is 0 Å². The van der Waals surface area contributed by atoms with Crippen molar-refractivity contribution < 1.29 is 4.79 Å². The van der Waals surface area contributed by atoms with E-state index in [2.05, 4.69) is 5.10 Å². The summed E-state index contributed by atoms with van der Waals surface area (Å²) in [6, 6.07) is 0. The molecule has 0 aliphatic rings. The number of nitrogens with two attached hydrogens (primary N) is 1. The van der Waals surface area contributed by atoms with E-state index in [1.54, 1.807) is 7.05 Å². The third-order valence-electron chi connectivity index (χ3n) is 1.36. The average molecular weight is 149 g/mol. The van der Waals surface area contributed by atoms with Crippen molar-refractivity contribution in [2.75, 3.05) is 5.73 Å². The minimum atomic E-state index is -0.435. The van der Waals surface area contributed by atoms with Gasteiger partial charge in [-0.1, -0.05) is 0 Å². The maximum Gasteiger partial charge on any atom is 0.240 e. The number of Topliss-reactive ketones (excluding diaryl/α,β-unsaturated/α-hetero) is 1. The van der Waals surface area contributed by atoms with Crippen LogP contribution in [0.3, 0.4) is 0 Å². The van der Waals surface area contributed by atoms with Gasteiger partial charge in [0.05, 0.1) is 11.8 Å². The summed E-state index contributed by atoms with van der Waals surface area (Å²) in [5, 5.41) is 3.76. The molecule has 0 fully saturated rings. The van der Waals surface area contributed by atoms with Crippen molar-refractivity contribution >= 4 is 11.6 Å². The zero-order valence-corrected chi connectivity index (χ0v) is 6.03. The molecule has 0 saturated heterocycles. The molecule has 56 valence electrons. The number of carbonyl (C=O) groups excluding carboxylic acids is 1. The summed E-state index contributed by atoms with van der Waals surface area (Å²) in [7, 11) is 1.64. The standard InChI is InChI=1S/C7H7N3O/c1-3-6(11)5-4-9-10(2)7(5)8/h1,4H,8H2,2H3. The summed E-state index contributed by atoms with van der Waals surface area (Å²) in [6.45, 7) is 0. The fourth-order valence-electron chi connectivity index (χ4n) is 0.700. The van der Waals surface area contributed by atoms with Crippen molar-refractivity contribution in [3.63, 3.8) is 0 Å². The van der Waals surface area contributed by atoms with Crippen LogP contribution in [0.25, 0.3) is 0 Å². The van der Waals surface area contributed by atoms with Crippen LogP contribution in [0.4, 0.5) is 5.82 Å². The van der Waals surface area contributed by atoms with Crippen molar-refractivity contribution in [2.45, 2.75) is 0 Å². The smallest absolute Gasteiger partial charge is 0.240 e. The number of nitrogen functional groups attached to an aromatic ring is 1. The normalized spacial score (nSPS) is 9.09. The molecule has 1 rings (SSSR count). The van der Waals surface area contributed by atoms with Crippen molar-refractivity contribution in [3.05, 3.63) is 11.8 Å². The van der Waals surface area contributed by atoms with Gasteiger partial charge in [0, 0.05) is 7.05 Å². The van der Waals surface area contributed by atoms with Crippen LogP contribution in [-0.2, 0) is 7.05 Å². The molecule has 0 saturated carbocycles. The van der Waals surface area contributed by atoms with E-state index in [9.17, 15) is 4.79 Å². The second-order valence-corrected chi connectivity index (χ2v) is 2.04. The predicted molar refractivity (Wildman–Crippen MR) is 40.8 cm³/mol. The molecule has 1 aromatic heterocycles. The molecule has 0 aliphatic heterocycles. The highest BCUT2D eigenvalue weighted by Crippen LogP contribution is 2.08. The van der Waals surface area contributed by atoms with Gasteiger partial charge < -0.3 is 5.73 Å². The maximum absolute atomic E-state index is 10.9. The van der Waals surface area contributed by atoms with E-state index >= 15 is 0 Å². The molecule has 1 heterocycles. The van der Waals surface area contributed by atoms with Crippen molar-refractivity contribution in [2.24, 2.45) is 7.05 Å². The second kappa shape index (κ2) is 2.46. The fraction of sp³-hybridized carbons (Fsp3) is 0.143. The Labute approximate surface area is 64.0 Å². The van der Waals surface area contributed by atoms with E-state index in [4.69, 9.17) is 12.2 Å². The zero-order chi connectivity index (χ0) is 8.43. The SMILES string of the molecule is C#CC(=O)c1cnn(C)c1N. The first-order valence-corrected chi connectivity index (χ1v) is 2.95. The predicted octanol–water partition coefficient (Wildman–Crippen LogP) is -0.182. The number of hydrogen-bond acceptors (Lipinski definition) is 3. The second-order valence-electron chi connectivity index (χ2n) is 2.04. The Balaban J connectivity index is 3.17. The number of ketones is 1. The number of anilines is 1. The van der Waals surface area contributed by atoms with Gasteiger partial charge in [0.2, 0.25) is 5.78 Å². The third kappa shape index (κ3) is 1.08. The lowest BCUT2D eigenvalue weighted by molar-refractivity contribution is 0.105. The van der Waals surface area contributed by atoms with Crippen LogP contribution in [0.5, 0.6) is 0 Å². The number of nitrogens with zero attached hydrogens (tertiary/aromatic N) is 2. The number of carbonyl (C=O) groups is 1. The third-order valence-corrected chi connectivity index (χ3v) is 1.36. The molecule has 0 aromatic carbocycles. The molecule has 0 bridgehead atoms. The molecule has 0 radical (unpaired) electrons. The van der Waals surface area contributed by atoms with Gasteiger partial charge >= 0.3 is 0 Å². The van der Waals surface area contributed by atoms with Gasteiger partial charge in [-0.25, -0.2) is 0 Å². The molecule has 0 amide bonds. The monoisotopic (exact) mass is 149 g/mol. The Kier molecular flexibility index (Phi) is 1.65. The highest BCUT2D eigenvalue weighted by molar-refractivity contribution is 6.11. The molecular formula is C7H7N3O. The van der Waals surface area contributed by atoms with E-state index in [0.717, 1.165) is 0 Å². The van der Waals surface area contributed by atoms with Crippen molar-refractivity contribution in [1.29, 1.82) is 0 Å². The Hall–Kier alpha value is -1.76. The van der Waals surface area contributed by atoms with Crippen LogP contribution < -0.4 is 5.73 Å². The minimum absolute atomic E-state index is 0.287. The topological polar surface area (TPSA) is 60.9 Å². The quantitative estimate of drug-likeness (QED) is 0.342.